The van der Waals surface area contributed by atoms with E-state index in [1.807, 2.05) is 63.2 Å². The lowest BCUT2D eigenvalue weighted by Gasteiger charge is -2.11. The minimum absolute atomic E-state index is 0.161. The maximum atomic E-state index is 12.8. The predicted octanol–water partition coefficient (Wildman–Crippen LogP) is 4.37. The van der Waals surface area contributed by atoms with Crippen molar-refractivity contribution in [3.8, 4) is 6.07 Å². The molecule has 0 amide bonds. The minimum Gasteiger partial charge on any atom is -0.378 e. The second kappa shape index (κ2) is 7.85. The van der Waals surface area contributed by atoms with E-state index < -0.39 is 0 Å². The van der Waals surface area contributed by atoms with Crippen LogP contribution in [-0.2, 0) is 6.54 Å². The number of rotatable bonds is 6. The third-order valence-electron chi connectivity index (χ3n) is 4.35. The number of aromatic nitrogens is 1. The number of nitriles is 1. The third kappa shape index (κ3) is 4.00. The van der Waals surface area contributed by atoms with E-state index in [4.69, 9.17) is 0 Å². The number of aryl methyl sites for hydroxylation is 1. The van der Waals surface area contributed by atoms with Crippen LogP contribution in [0.3, 0.4) is 0 Å². The Kier molecular flexibility index (Phi) is 5.82. The molecule has 1 aromatic carbocycles. The highest BCUT2D eigenvalue weighted by atomic mass is 16.1. The molecule has 0 saturated heterocycles. The molecule has 25 heavy (non-hydrogen) atoms. The lowest BCUT2D eigenvalue weighted by Crippen LogP contribution is -2.08. The van der Waals surface area contributed by atoms with Crippen molar-refractivity contribution in [3.05, 3.63) is 58.4 Å². The van der Waals surface area contributed by atoms with E-state index in [9.17, 15) is 10.1 Å². The molecule has 130 valence electrons. The van der Waals surface area contributed by atoms with Crippen LogP contribution in [0.1, 0.15) is 40.7 Å². The Morgan fingerprint density at radius 2 is 1.88 bits per heavy atom. The first kappa shape index (κ1) is 18.5. The first-order valence-corrected chi connectivity index (χ1v) is 8.49. The Labute approximate surface area is 150 Å². The van der Waals surface area contributed by atoms with Gasteiger partial charge in [-0.2, -0.15) is 5.26 Å². The molecule has 0 aliphatic heterocycles. The molecule has 0 aliphatic rings. The van der Waals surface area contributed by atoms with Crippen molar-refractivity contribution < 1.29 is 4.79 Å². The topological polar surface area (TPSA) is 49.0 Å². The maximum absolute atomic E-state index is 12.8. The van der Waals surface area contributed by atoms with Crippen LogP contribution in [-0.4, -0.2) is 24.4 Å². The van der Waals surface area contributed by atoms with Crippen LogP contribution in [0.15, 0.2) is 35.9 Å². The number of allylic oxidation sites excluding steroid dienone is 1. The van der Waals surface area contributed by atoms with Gasteiger partial charge in [-0.15, -0.1) is 0 Å². The van der Waals surface area contributed by atoms with E-state index in [0.717, 1.165) is 35.6 Å². The van der Waals surface area contributed by atoms with Gasteiger partial charge in [0.05, 0.1) is 0 Å². The van der Waals surface area contributed by atoms with Gasteiger partial charge in [0.1, 0.15) is 11.6 Å². The molecule has 1 heterocycles. The maximum Gasteiger partial charge on any atom is 0.205 e. The fourth-order valence-corrected chi connectivity index (χ4v) is 2.93. The molecule has 0 unspecified atom stereocenters. The van der Waals surface area contributed by atoms with E-state index in [0.29, 0.717) is 5.56 Å². The number of hydrogen-bond acceptors (Lipinski definition) is 3. The highest BCUT2D eigenvalue weighted by Gasteiger charge is 2.19. The molecule has 0 radical (unpaired) electrons. The summed E-state index contributed by atoms with van der Waals surface area (Å²) in [5.41, 5.74) is 4.67. The van der Waals surface area contributed by atoms with Crippen LogP contribution in [0, 0.1) is 25.2 Å². The van der Waals surface area contributed by atoms with Crippen molar-refractivity contribution in [2.75, 3.05) is 19.0 Å². The summed E-state index contributed by atoms with van der Waals surface area (Å²) in [5, 5.41) is 9.48. The SMILES string of the molecule is CCCn1c(C)cc(C(=O)/C(C#N)=C/c2ccc(N(C)C)cc2)c1C. The molecule has 4 heteroatoms. The van der Waals surface area contributed by atoms with Gasteiger partial charge in [0, 0.05) is 43.3 Å². The summed E-state index contributed by atoms with van der Waals surface area (Å²) >= 11 is 0. The molecule has 1 aromatic heterocycles. The summed E-state index contributed by atoms with van der Waals surface area (Å²) in [6, 6.07) is 11.7. The molecule has 2 aromatic rings. The number of ketones is 1. The highest BCUT2D eigenvalue weighted by molar-refractivity contribution is 6.14. The molecule has 0 atom stereocenters. The molecule has 4 nitrogen and oxygen atoms in total. The Morgan fingerprint density at radius 3 is 2.40 bits per heavy atom. The third-order valence-corrected chi connectivity index (χ3v) is 4.35. The molecule has 2 rings (SSSR count). The number of nitrogens with zero attached hydrogens (tertiary/aromatic N) is 3. The van der Waals surface area contributed by atoms with Gasteiger partial charge in [-0.25, -0.2) is 0 Å². The van der Waals surface area contributed by atoms with E-state index in [1.54, 1.807) is 6.08 Å². The highest BCUT2D eigenvalue weighted by Crippen LogP contribution is 2.21. The van der Waals surface area contributed by atoms with Crippen LogP contribution in [0.5, 0.6) is 0 Å². The fraction of sp³-hybridized carbons (Fsp3) is 0.333. The normalized spacial score (nSPS) is 11.3. The lowest BCUT2D eigenvalue weighted by molar-refractivity contribution is 0.103. The van der Waals surface area contributed by atoms with Crippen LogP contribution >= 0.6 is 0 Å². The van der Waals surface area contributed by atoms with E-state index in [2.05, 4.69) is 17.6 Å². The number of anilines is 1. The first-order valence-electron chi connectivity index (χ1n) is 8.49. The van der Waals surface area contributed by atoms with Gasteiger partial charge < -0.3 is 9.47 Å². The Bertz CT molecular complexity index is 833. The van der Waals surface area contributed by atoms with Gasteiger partial charge in [-0.05, 0) is 50.1 Å². The average molecular weight is 335 g/mol. The number of hydrogen-bond donors (Lipinski definition) is 0. The fourth-order valence-electron chi connectivity index (χ4n) is 2.93. The Balaban J connectivity index is 2.36. The summed E-state index contributed by atoms with van der Waals surface area (Å²) in [6.45, 7) is 6.92. The quantitative estimate of drug-likeness (QED) is 0.447. The van der Waals surface area contributed by atoms with Crippen LogP contribution in [0.25, 0.3) is 6.08 Å². The minimum atomic E-state index is -0.213. The first-order chi connectivity index (χ1) is 11.9. The molecule has 0 N–H and O–H groups in total. The van der Waals surface area contributed by atoms with Crippen LogP contribution in [0.4, 0.5) is 5.69 Å². The van der Waals surface area contributed by atoms with Crippen molar-refractivity contribution >= 4 is 17.5 Å². The largest absolute Gasteiger partial charge is 0.378 e. The van der Waals surface area contributed by atoms with Gasteiger partial charge >= 0.3 is 0 Å². The molecular formula is C21H25N3O. The molecule has 0 aliphatic carbocycles. The molecule has 0 fully saturated rings. The van der Waals surface area contributed by atoms with Crippen molar-refractivity contribution in [2.24, 2.45) is 0 Å². The van der Waals surface area contributed by atoms with E-state index >= 15 is 0 Å². The predicted molar refractivity (Wildman–Crippen MR) is 103 cm³/mol. The van der Waals surface area contributed by atoms with Crippen molar-refractivity contribution in [1.29, 1.82) is 5.26 Å². The van der Waals surface area contributed by atoms with Crippen molar-refractivity contribution in [3.63, 3.8) is 0 Å². The number of Topliss-reactive ketones (excluding diaryl/α,β-unsaturated/α-hetero) is 1. The zero-order valence-electron chi connectivity index (χ0n) is 15.6. The Morgan fingerprint density at radius 1 is 1.24 bits per heavy atom. The molecule has 0 spiro atoms. The molecule has 0 bridgehead atoms. The van der Waals surface area contributed by atoms with E-state index in [1.165, 1.54) is 0 Å². The standard InChI is InChI=1S/C21H25N3O/c1-6-11-24-15(2)12-20(16(24)3)21(25)18(14-22)13-17-7-9-19(10-8-17)23(4)5/h7-10,12-13H,6,11H2,1-5H3/b18-13+. The number of benzene rings is 1. The molecular weight excluding hydrogens is 310 g/mol. The van der Waals surface area contributed by atoms with E-state index in [-0.39, 0.29) is 11.4 Å². The smallest absolute Gasteiger partial charge is 0.205 e. The van der Waals surface area contributed by atoms with Gasteiger partial charge in [0.15, 0.2) is 0 Å². The van der Waals surface area contributed by atoms with Crippen LogP contribution < -0.4 is 4.90 Å². The monoisotopic (exact) mass is 335 g/mol. The summed E-state index contributed by atoms with van der Waals surface area (Å²) in [7, 11) is 3.95. The lowest BCUT2D eigenvalue weighted by atomic mass is 10.0. The van der Waals surface area contributed by atoms with Gasteiger partial charge in [0.25, 0.3) is 0 Å². The zero-order chi connectivity index (χ0) is 18.6. The average Bonchev–Trinajstić information content (AvgIpc) is 2.88. The summed E-state index contributed by atoms with van der Waals surface area (Å²) < 4.78 is 2.13. The Hall–Kier alpha value is -2.80. The summed E-state index contributed by atoms with van der Waals surface area (Å²) in [6.07, 6.45) is 2.66. The van der Waals surface area contributed by atoms with Gasteiger partial charge in [-0.3, -0.25) is 4.79 Å². The second-order valence-electron chi connectivity index (χ2n) is 6.42. The number of carbonyl (C=O) groups excluding carboxylic acids is 1. The van der Waals surface area contributed by atoms with Gasteiger partial charge in [-0.1, -0.05) is 19.1 Å². The zero-order valence-corrected chi connectivity index (χ0v) is 15.6. The summed E-state index contributed by atoms with van der Waals surface area (Å²) in [4.78, 5) is 14.8. The van der Waals surface area contributed by atoms with Crippen LogP contribution in [0.2, 0.25) is 0 Å². The molecule has 0 saturated carbocycles. The van der Waals surface area contributed by atoms with Crippen molar-refractivity contribution in [1.82, 2.24) is 4.57 Å². The summed E-state index contributed by atoms with van der Waals surface area (Å²) in [5.74, 6) is -0.213. The van der Waals surface area contributed by atoms with Crippen molar-refractivity contribution in [2.45, 2.75) is 33.7 Å². The second-order valence-corrected chi connectivity index (χ2v) is 6.42. The number of carbonyl (C=O) groups is 1. The van der Waals surface area contributed by atoms with Gasteiger partial charge in [0.2, 0.25) is 5.78 Å².